The largest absolute Gasteiger partial charge is 0.465 e. The van der Waals surface area contributed by atoms with Gasteiger partial charge in [0.15, 0.2) is 0 Å². The summed E-state index contributed by atoms with van der Waals surface area (Å²) in [7, 11) is 1.33. The van der Waals surface area contributed by atoms with Gasteiger partial charge in [0.2, 0.25) is 5.95 Å². The molecule has 0 unspecified atom stereocenters. The van der Waals surface area contributed by atoms with E-state index in [-0.39, 0.29) is 0 Å². The number of anilines is 4. The molecule has 3 aromatic rings. The van der Waals surface area contributed by atoms with Crippen molar-refractivity contribution >= 4 is 52.3 Å². The second-order valence-electron chi connectivity index (χ2n) is 5.18. The summed E-state index contributed by atoms with van der Waals surface area (Å²) in [5.74, 6) is 0.397. The van der Waals surface area contributed by atoms with Crippen molar-refractivity contribution in [3.63, 3.8) is 0 Å². The van der Waals surface area contributed by atoms with Crippen LogP contribution in [0.4, 0.5) is 23.1 Å². The van der Waals surface area contributed by atoms with Crippen LogP contribution in [0.5, 0.6) is 0 Å². The Kier molecular flexibility index (Phi) is 5.55. The molecular formula is C18H14Cl2N4O2. The van der Waals surface area contributed by atoms with Crippen molar-refractivity contribution in [3.8, 4) is 0 Å². The highest BCUT2D eigenvalue weighted by molar-refractivity contribution is 6.36. The molecule has 0 spiro atoms. The molecule has 8 heteroatoms. The predicted molar refractivity (Wildman–Crippen MR) is 103 cm³/mol. The van der Waals surface area contributed by atoms with Crippen LogP contribution in [0.25, 0.3) is 0 Å². The van der Waals surface area contributed by atoms with Crippen LogP contribution in [-0.2, 0) is 4.74 Å². The molecule has 0 saturated heterocycles. The van der Waals surface area contributed by atoms with Crippen molar-refractivity contribution in [3.05, 3.63) is 70.3 Å². The van der Waals surface area contributed by atoms with Gasteiger partial charge in [0.1, 0.15) is 5.82 Å². The van der Waals surface area contributed by atoms with Gasteiger partial charge in [0.05, 0.1) is 29.1 Å². The van der Waals surface area contributed by atoms with Gasteiger partial charge in [-0.1, -0.05) is 35.3 Å². The lowest BCUT2D eigenvalue weighted by atomic mass is 10.2. The van der Waals surface area contributed by atoms with E-state index in [1.54, 1.807) is 54.7 Å². The molecular weight excluding hydrogens is 375 g/mol. The Morgan fingerprint density at radius 1 is 1.04 bits per heavy atom. The van der Waals surface area contributed by atoms with E-state index in [0.29, 0.717) is 38.7 Å². The molecule has 0 radical (unpaired) electrons. The summed E-state index contributed by atoms with van der Waals surface area (Å²) in [5.41, 5.74) is 1.59. The van der Waals surface area contributed by atoms with Crippen LogP contribution >= 0.6 is 23.2 Å². The summed E-state index contributed by atoms with van der Waals surface area (Å²) in [5, 5.41) is 7.14. The zero-order chi connectivity index (χ0) is 18.5. The Bertz CT molecular complexity index is 950. The van der Waals surface area contributed by atoms with Crippen molar-refractivity contribution in [1.82, 2.24) is 9.97 Å². The number of halogens is 2. The summed E-state index contributed by atoms with van der Waals surface area (Å²) in [6.45, 7) is 0. The van der Waals surface area contributed by atoms with Crippen LogP contribution in [0, 0.1) is 0 Å². The first kappa shape index (κ1) is 18.0. The zero-order valence-electron chi connectivity index (χ0n) is 13.7. The van der Waals surface area contributed by atoms with Gasteiger partial charge < -0.3 is 15.4 Å². The lowest BCUT2D eigenvalue weighted by Crippen LogP contribution is -2.07. The number of aromatic nitrogens is 2. The quantitative estimate of drug-likeness (QED) is 0.595. The van der Waals surface area contributed by atoms with E-state index >= 15 is 0 Å². The summed E-state index contributed by atoms with van der Waals surface area (Å²) < 4.78 is 4.78. The topological polar surface area (TPSA) is 76.1 Å². The second kappa shape index (κ2) is 8.03. The molecule has 0 amide bonds. The van der Waals surface area contributed by atoms with Gasteiger partial charge in [-0.25, -0.2) is 9.78 Å². The van der Waals surface area contributed by atoms with Gasteiger partial charge in [-0.15, -0.1) is 0 Å². The molecule has 0 bridgehead atoms. The van der Waals surface area contributed by atoms with E-state index in [9.17, 15) is 4.79 Å². The number of nitrogens with one attached hydrogen (secondary N) is 2. The van der Waals surface area contributed by atoms with Gasteiger partial charge in [0, 0.05) is 11.2 Å². The number of hydrogen-bond donors (Lipinski definition) is 2. The molecule has 0 fully saturated rings. The van der Waals surface area contributed by atoms with Crippen LogP contribution in [-0.4, -0.2) is 23.0 Å². The highest BCUT2D eigenvalue weighted by Crippen LogP contribution is 2.28. The van der Waals surface area contributed by atoms with E-state index < -0.39 is 5.97 Å². The van der Waals surface area contributed by atoms with Gasteiger partial charge in [-0.05, 0) is 36.4 Å². The maximum Gasteiger partial charge on any atom is 0.339 e. The minimum absolute atomic E-state index is 0.316. The monoisotopic (exact) mass is 388 g/mol. The van der Waals surface area contributed by atoms with Crippen LogP contribution in [0.1, 0.15) is 10.4 Å². The third-order valence-electron chi connectivity index (χ3n) is 3.43. The van der Waals surface area contributed by atoms with Crippen LogP contribution in [0.15, 0.2) is 54.7 Å². The number of benzene rings is 2. The Labute approximate surface area is 160 Å². The average molecular weight is 389 g/mol. The Hall–Kier alpha value is -2.83. The number of carbonyl (C=O) groups excluding carboxylic acids is 1. The molecule has 0 atom stereocenters. The van der Waals surface area contributed by atoms with Crippen LogP contribution < -0.4 is 10.6 Å². The number of ether oxygens (including phenoxy) is 1. The highest BCUT2D eigenvalue weighted by Gasteiger charge is 2.12. The van der Waals surface area contributed by atoms with E-state index in [0.717, 1.165) is 0 Å². The standard InChI is InChI=1S/C18H14Cl2N4O2/c1-26-17(25)12-4-2-3-5-14(12)23-18-21-9-8-16(24-18)22-15-7-6-11(19)10-13(15)20/h2-10H,1H3,(H2,21,22,23,24). The fourth-order valence-corrected chi connectivity index (χ4v) is 2.67. The van der Waals surface area contributed by atoms with Gasteiger partial charge >= 0.3 is 5.97 Å². The first-order valence-electron chi connectivity index (χ1n) is 7.56. The molecule has 0 aliphatic heterocycles. The minimum Gasteiger partial charge on any atom is -0.465 e. The van der Waals surface area contributed by atoms with Crippen LogP contribution in [0.2, 0.25) is 10.0 Å². The molecule has 0 aliphatic carbocycles. The van der Waals surface area contributed by atoms with Crippen molar-refractivity contribution in [1.29, 1.82) is 0 Å². The molecule has 0 aliphatic rings. The minimum atomic E-state index is -0.449. The Balaban J connectivity index is 1.83. The molecule has 26 heavy (non-hydrogen) atoms. The number of nitrogens with zero attached hydrogens (tertiary/aromatic N) is 2. The first-order valence-corrected chi connectivity index (χ1v) is 8.32. The van der Waals surface area contributed by atoms with Gasteiger partial charge in [-0.2, -0.15) is 4.98 Å². The Morgan fingerprint density at radius 3 is 2.62 bits per heavy atom. The molecule has 1 heterocycles. The Morgan fingerprint density at radius 2 is 1.85 bits per heavy atom. The summed E-state index contributed by atoms with van der Waals surface area (Å²) in [4.78, 5) is 20.4. The normalized spacial score (nSPS) is 10.3. The molecule has 2 N–H and O–H groups in total. The maximum absolute atomic E-state index is 11.9. The third-order valence-corrected chi connectivity index (χ3v) is 3.98. The van der Waals surface area contributed by atoms with E-state index in [1.807, 2.05) is 0 Å². The number of hydrogen-bond acceptors (Lipinski definition) is 6. The van der Waals surface area contributed by atoms with E-state index in [1.165, 1.54) is 7.11 Å². The second-order valence-corrected chi connectivity index (χ2v) is 6.02. The molecule has 2 aromatic carbocycles. The summed E-state index contributed by atoms with van der Waals surface area (Å²) >= 11 is 12.1. The van der Waals surface area contributed by atoms with E-state index in [2.05, 4.69) is 20.6 Å². The first-order chi connectivity index (χ1) is 12.6. The van der Waals surface area contributed by atoms with Crippen molar-refractivity contribution in [2.45, 2.75) is 0 Å². The van der Waals surface area contributed by atoms with Crippen LogP contribution in [0.3, 0.4) is 0 Å². The smallest absolute Gasteiger partial charge is 0.339 e. The maximum atomic E-state index is 11.9. The number of methoxy groups -OCH3 is 1. The molecule has 1 aromatic heterocycles. The number of carbonyl (C=O) groups is 1. The zero-order valence-corrected chi connectivity index (χ0v) is 15.2. The number of para-hydroxylation sites is 1. The number of rotatable bonds is 5. The molecule has 6 nitrogen and oxygen atoms in total. The van der Waals surface area contributed by atoms with Crippen molar-refractivity contribution in [2.24, 2.45) is 0 Å². The fourth-order valence-electron chi connectivity index (χ4n) is 2.22. The van der Waals surface area contributed by atoms with Crippen molar-refractivity contribution < 1.29 is 9.53 Å². The molecule has 3 rings (SSSR count). The SMILES string of the molecule is COC(=O)c1ccccc1Nc1nccc(Nc2ccc(Cl)cc2Cl)n1. The lowest BCUT2D eigenvalue weighted by Gasteiger charge is -2.11. The third kappa shape index (κ3) is 4.22. The van der Waals surface area contributed by atoms with Gasteiger partial charge in [-0.3, -0.25) is 0 Å². The predicted octanol–water partition coefficient (Wildman–Crippen LogP) is 5.06. The fraction of sp³-hybridized carbons (Fsp3) is 0.0556. The molecule has 132 valence electrons. The summed E-state index contributed by atoms with van der Waals surface area (Å²) in [6.07, 6.45) is 1.59. The number of esters is 1. The van der Waals surface area contributed by atoms with Crippen molar-refractivity contribution in [2.75, 3.05) is 17.7 Å². The van der Waals surface area contributed by atoms with E-state index in [4.69, 9.17) is 27.9 Å². The average Bonchev–Trinajstić information content (AvgIpc) is 2.64. The lowest BCUT2D eigenvalue weighted by molar-refractivity contribution is 0.0602. The molecule has 0 saturated carbocycles. The van der Waals surface area contributed by atoms with Gasteiger partial charge in [0.25, 0.3) is 0 Å². The highest BCUT2D eigenvalue weighted by atomic mass is 35.5. The summed E-state index contributed by atoms with van der Waals surface area (Å²) in [6, 6.07) is 13.8.